The Hall–Kier alpha value is -1.19. The largest absolute Gasteiger partial charge is 0.341 e. The fourth-order valence-corrected chi connectivity index (χ4v) is 5.39. The third-order valence-electron chi connectivity index (χ3n) is 5.20. The number of H-pyrrole nitrogens is 1. The van der Waals surface area contributed by atoms with Crippen molar-refractivity contribution in [3.63, 3.8) is 0 Å². The lowest BCUT2D eigenvalue weighted by Gasteiger charge is -2.26. The number of amides is 1. The van der Waals surface area contributed by atoms with E-state index in [0.717, 1.165) is 36.0 Å². The molecule has 1 N–H and O–H groups in total. The van der Waals surface area contributed by atoms with Crippen molar-refractivity contribution in [2.75, 3.05) is 24.6 Å². The summed E-state index contributed by atoms with van der Waals surface area (Å²) < 4.78 is 31.4. The first-order valence-electron chi connectivity index (χ1n) is 8.75. The summed E-state index contributed by atoms with van der Waals surface area (Å²) in [5.41, 5.74) is 1.72. The van der Waals surface area contributed by atoms with Crippen molar-refractivity contribution in [3.8, 4) is 0 Å². The van der Waals surface area contributed by atoms with Gasteiger partial charge in [0.05, 0.1) is 10.9 Å². The van der Waals surface area contributed by atoms with E-state index in [1.54, 1.807) is 0 Å². The second kappa shape index (κ2) is 7.67. The first-order chi connectivity index (χ1) is 13.0. The van der Waals surface area contributed by atoms with E-state index in [4.69, 9.17) is 12.2 Å². The number of nitrogens with zero attached hydrogens (tertiary/aromatic N) is 2. The summed E-state index contributed by atoms with van der Waals surface area (Å²) in [4.78, 5) is 17.6. The Morgan fingerprint density at radius 1 is 1.33 bits per heavy atom. The van der Waals surface area contributed by atoms with Crippen molar-refractivity contribution in [2.45, 2.75) is 25.3 Å². The van der Waals surface area contributed by atoms with Gasteiger partial charge in [-0.2, -0.15) is 11.8 Å². The Labute approximate surface area is 173 Å². The molecule has 0 radical (unpaired) electrons. The summed E-state index contributed by atoms with van der Waals surface area (Å²) in [6.07, 6.45) is 0.697. The standard InChI is InChI=1S/C18H18BrF2N3OS2/c19-11-1-2-12(20)16(17(11)21)10-7-14-13(22-18(26)24(14)9-10)8-15(25)23-3-5-27-6-4-23/h1-2,10H,3-9H2,(H,22,26). The van der Waals surface area contributed by atoms with E-state index in [2.05, 4.69) is 20.9 Å². The molecule has 1 saturated heterocycles. The zero-order chi connectivity index (χ0) is 19.1. The van der Waals surface area contributed by atoms with Crippen LogP contribution in [0.2, 0.25) is 0 Å². The van der Waals surface area contributed by atoms with Crippen LogP contribution in [0.3, 0.4) is 0 Å². The minimum absolute atomic E-state index is 0.0678. The molecule has 1 aromatic carbocycles. The van der Waals surface area contributed by atoms with Crippen molar-refractivity contribution in [2.24, 2.45) is 0 Å². The third kappa shape index (κ3) is 3.61. The maximum absolute atomic E-state index is 14.5. The van der Waals surface area contributed by atoms with E-state index in [0.29, 0.717) is 17.7 Å². The number of benzene rings is 1. The smallest absolute Gasteiger partial charge is 0.228 e. The van der Waals surface area contributed by atoms with Crippen LogP contribution in [0.5, 0.6) is 0 Å². The first kappa shape index (κ1) is 19.1. The van der Waals surface area contributed by atoms with Gasteiger partial charge in [-0.1, -0.05) is 0 Å². The number of rotatable bonds is 3. The average molecular weight is 474 g/mol. The third-order valence-corrected chi connectivity index (χ3v) is 7.08. The van der Waals surface area contributed by atoms with Gasteiger partial charge in [0.15, 0.2) is 4.77 Å². The number of carbonyl (C=O) groups is 1. The molecule has 0 spiro atoms. The monoisotopic (exact) mass is 473 g/mol. The number of halogens is 3. The number of imidazole rings is 1. The average Bonchev–Trinajstić information content (AvgIpc) is 3.21. The van der Waals surface area contributed by atoms with Crippen LogP contribution in [0, 0.1) is 16.4 Å². The highest BCUT2D eigenvalue weighted by atomic mass is 79.9. The number of thioether (sulfide) groups is 1. The van der Waals surface area contributed by atoms with Gasteiger partial charge in [-0.05, 0) is 46.7 Å². The van der Waals surface area contributed by atoms with E-state index in [1.807, 2.05) is 21.2 Å². The molecule has 3 heterocycles. The Morgan fingerprint density at radius 2 is 2.07 bits per heavy atom. The fourth-order valence-electron chi connectivity index (χ4n) is 3.83. The number of carbonyl (C=O) groups excluding carboxylic acids is 1. The Bertz CT molecular complexity index is 953. The summed E-state index contributed by atoms with van der Waals surface area (Å²) in [6.45, 7) is 1.93. The lowest BCUT2D eigenvalue weighted by Crippen LogP contribution is -2.39. The van der Waals surface area contributed by atoms with Gasteiger partial charge in [0.25, 0.3) is 0 Å². The minimum atomic E-state index is -0.566. The van der Waals surface area contributed by atoms with Crippen LogP contribution in [-0.2, 0) is 24.2 Å². The van der Waals surface area contributed by atoms with Crippen molar-refractivity contribution in [1.82, 2.24) is 14.5 Å². The Balaban J connectivity index is 1.58. The molecule has 144 valence electrons. The van der Waals surface area contributed by atoms with Crippen LogP contribution in [-0.4, -0.2) is 45.0 Å². The molecule has 0 aliphatic carbocycles. The van der Waals surface area contributed by atoms with Gasteiger partial charge in [-0.25, -0.2) is 8.78 Å². The van der Waals surface area contributed by atoms with Crippen LogP contribution < -0.4 is 0 Å². The van der Waals surface area contributed by atoms with Gasteiger partial charge in [0.2, 0.25) is 5.91 Å². The van der Waals surface area contributed by atoms with E-state index < -0.39 is 11.6 Å². The van der Waals surface area contributed by atoms with Crippen molar-refractivity contribution >= 4 is 45.8 Å². The van der Waals surface area contributed by atoms with Gasteiger partial charge in [-0.3, -0.25) is 4.79 Å². The van der Waals surface area contributed by atoms with E-state index in [9.17, 15) is 13.6 Å². The number of hydrogen-bond donors (Lipinski definition) is 1. The fraction of sp³-hybridized carbons (Fsp3) is 0.444. The summed E-state index contributed by atoms with van der Waals surface area (Å²) in [5, 5.41) is 0. The molecule has 1 unspecified atom stereocenters. The molecule has 2 aliphatic heterocycles. The van der Waals surface area contributed by atoms with Gasteiger partial charge in [-0.15, -0.1) is 0 Å². The molecule has 4 rings (SSSR count). The zero-order valence-corrected chi connectivity index (χ0v) is 17.7. The van der Waals surface area contributed by atoms with Crippen LogP contribution >= 0.6 is 39.9 Å². The SMILES string of the molecule is O=C(Cc1[nH]c(=S)n2c1CC(c1c(F)ccc(Br)c1F)C2)N1CCSCC1. The number of aromatic nitrogens is 2. The Morgan fingerprint density at radius 3 is 2.81 bits per heavy atom. The van der Waals surface area contributed by atoms with Gasteiger partial charge in [0, 0.05) is 54.0 Å². The predicted octanol–water partition coefficient (Wildman–Crippen LogP) is 4.04. The highest BCUT2D eigenvalue weighted by Gasteiger charge is 2.32. The number of aromatic amines is 1. The van der Waals surface area contributed by atoms with Gasteiger partial charge >= 0.3 is 0 Å². The van der Waals surface area contributed by atoms with Crippen LogP contribution in [0.4, 0.5) is 8.78 Å². The summed E-state index contributed by atoms with van der Waals surface area (Å²) in [7, 11) is 0. The number of hydrogen-bond acceptors (Lipinski definition) is 3. The van der Waals surface area contributed by atoms with E-state index >= 15 is 0 Å². The molecule has 1 fully saturated rings. The lowest BCUT2D eigenvalue weighted by atomic mass is 9.95. The van der Waals surface area contributed by atoms with Crippen LogP contribution in [0.1, 0.15) is 22.9 Å². The molecule has 1 amide bonds. The number of fused-ring (bicyclic) bond motifs is 1. The highest BCUT2D eigenvalue weighted by Crippen LogP contribution is 2.36. The molecule has 2 aromatic rings. The Kier molecular flexibility index (Phi) is 5.44. The molecular weight excluding hydrogens is 456 g/mol. The summed E-state index contributed by atoms with van der Waals surface area (Å²) in [5.74, 6) is 0.527. The van der Waals surface area contributed by atoms with Crippen molar-refractivity contribution in [3.05, 3.63) is 50.0 Å². The van der Waals surface area contributed by atoms with Crippen molar-refractivity contribution in [1.29, 1.82) is 0 Å². The maximum Gasteiger partial charge on any atom is 0.228 e. The second-order valence-corrected chi connectivity index (χ2v) is 9.26. The lowest BCUT2D eigenvalue weighted by molar-refractivity contribution is -0.130. The van der Waals surface area contributed by atoms with E-state index in [-0.39, 0.29) is 28.3 Å². The molecule has 1 aromatic heterocycles. The van der Waals surface area contributed by atoms with Gasteiger partial charge in [0.1, 0.15) is 11.6 Å². The van der Waals surface area contributed by atoms with Crippen LogP contribution in [0.15, 0.2) is 16.6 Å². The second-order valence-electron chi connectivity index (χ2n) is 6.79. The predicted molar refractivity (Wildman–Crippen MR) is 108 cm³/mol. The van der Waals surface area contributed by atoms with E-state index in [1.165, 1.54) is 12.1 Å². The molecule has 27 heavy (non-hydrogen) atoms. The zero-order valence-electron chi connectivity index (χ0n) is 14.4. The molecule has 1 atom stereocenters. The summed E-state index contributed by atoms with van der Waals surface area (Å²) in [6, 6.07) is 2.65. The minimum Gasteiger partial charge on any atom is -0.341 e. The van der Waals surface area contributed by atoms with Crippen molar-refractivity contribution < 1.29 is 13.6 Å². The normalized spacial score (nSPS) is 19.4. The molecule has 2 aliphatic rings. The number of nitrogens with one attached hydrogen (secondary N) is 1. The molecule has 9 heteroatoms. The van der Waals surface area contributed by atoms with Crippen LogP contribution in [0.25, 0.3) is 0 Å². The summed E-state index contributed by atoms with van der Waals surface area (Å²) >= 11 is 10.4. The quantitative estimate of drug-likeness (QED) is 0.540. The molecule has 4 nitrogen and oxygen atoms in total. The maximum atomic E-state index is 14.5. The molecule has 0 bridgehead atoms. The topological polar surface area (TPSA) is 41.0 Å². The molecule has 0 saturated carbocycles. The highest BCUT2D eigenvalue weighted by molar-refractivity contribution is 9.10. The molecular formula is C18H18BrF2N3OS2. The van der Waals surface area contributed by atoms with Gasteiger partial charge < -0.3 is 14.5 Å². The first-order valence-corrected chi connectivity index (χ1v) is 11.1.